The van der Waals surface area contributed by atoms with Crippen LogP contribution in [0, 0.1) is 0 Å². The van der Waals surface area contributed by atoms with E-state index in [1.807, 2.05) is 32.0 Å². The van der Waals surface area contributed by atoms with Gasteiger partial charge in [-0.25, -0.2) is 0 Å². The summed E-state index contributed by atoms with van der Waals surface area (Å²) < 4.78 is 5.93. The van der Waals surface area contributed by atoms with Gasteiger partial charge in [-0.15, -0.1) is 0 Å². The quantitative estimate of drug-likeness (QED) is 0.525. The van der Waals surface area contributed by atoms with E-state index in [1.165, 1.54) is 0 Å². The van der Waals surface area contributed by atoms with Gasteiger partial charge in [0.05, 0.1) is 0 Å². The first-order chi connectivity index (χ1) is 5.81. The van der Waals surface area contributed by atoms with Crippen LogP contribution in [0.2, 0.25) is 0 Å². The molecule has 0 aliphatic heterocycles. The monoisotopic (exact) mass is 211 g/mol. The Morgan fingerprint density at radius 3 is 2.08 bits per heavy atom. The summed E-state index contributed by atoms with van der Waals surface area (Å²) in [7, 11) is 0. The first-order valence-electron chi connectivity index (χ1n) is 4.12. The number of pyridine rings is 1. The molecule has 0 amide bonds. The van der Waals surface area contributed by atoms with Crippen LogP contribution in [0.1, 0.15) is 13.8 Å². The van der Waals surface area contributed by atoms with E-state index in [-0.39, 0.29) is 12.4 Å². The van der Waals surface area contributed by atoms with Gasteiger partial charge in [0.1, 0.15) is 0 Å². The number of rotatable bonds is 2. The topological polar surface area (TPSA) is 22.1 Å². The van der Waals surface area contributed by atoms with Gasteiger partial charge in [0.2, 0.25) is 0 Å². The number of halogens is 1. The molecule has 70 valence electrons. The van der Waals surface area contributed by atoms with E-state index >= 15 is 0 Å². The molecular weight excluding hydrogens is 198 g/mol. The van der Waals surface area contributed by atoms with Gasteiger partial charge in [0.15, 0.2) is 0 Å². The summed E-state index contributed by atoms with van der Waals surface area (Å²) in [5.41, 5.74) is 0. The molecule has 2 nitrogen and oxygen atoms in total. The van der Waals surface area contributed by atoms with Crippen LogP contribution >= 0.6 is 0 Å². The van der Waals surface area contributed by atoms with E-state index < -0.39 is 0 Å². The second-order valence-corrected chi connectivity index (χ2v) is 2.83. The second kappa shape index (κ2) is 12.2. The third kappa shape index (κ3) is 12.2. The molecular formula is C9H14ClMgNO. The van der Waals surface area contributed by atoms with E-state index in [4.69, 9.17) is 4.74 Å². The molecule has 0 N–H and O–H groups in total. The van der Waals surface area contributed by atoms with Gasteiger partial charge in [-0.2, -0.15) is 0 Å². The Morgan fingerprint density at radius 1 is 1.31 bits per heavy atom. The molecule has 0 spiro atoms. The van der Waals surface area contributed by atoms with Crippen molar-refractivity contribution >= 4 is 25.5 Å². The minimum absolute atomic E-state index is 0. The maximum absolute atomic E-state index is 4.83. The van der Waals surface area contributed by atoms with Gasteiger partial charge in [-0.3, -0.25) is 0 Å². The normalized spacial score (nSPS) is 8.00. The molecule has 1 heterocycles. The Morgan fingerprint density at radius 2 is 1.92 bits per heavy atom. The average molecular weight is 212 g/mol. The molecule has 0 atom stereocenters. The molecule has 13 heavy (non-hydrogen) atoms. The summed E-state index contributed by atoms with van der Waals surface area (Å²) in [5, 5.41) is 0. The molecule has 1 rings (SSSR count). The van der Waals surface area contributed by atoms with Gasteiger partial charge in [-0.1, -0.05) is 0 Å². The zero-order chi connectivity index (χ0) is 9.23. The Labute approximate surface area is 98.9 Å². The van der Waals surface area contributed by atoms with Crippen molar-refractivity contribution in [2.45, 2.75) is 13.8 Å². The number of nitrogens with zero attached hydrogens (tertiary/aromatic N) is 1. The second-order valence-electron chi connectivity index (χ2n) is 2.10. The zero-order valence-electron chi connectivity index (χ0n) is 8.16. The summed E-state index contributed by atoms with van der Waals surface area (Å²) >= 11 is 1.79. The van der Waals surface area contributed by atoms with Gasteiger partial charge in [0, 0.05) is 13.2 Å². The SMILES string of the molecule is CCOCC.[Cl-].[Mg+][c]1ccccn1. The summed E-state index contributed by atoms with van der Waals surface area (Å²) in [5.74, 6) is 0. The minimum atomic E-state index is 0. The maximum atomic E-state index is 4.83. The Kier molecular flexibility index (Phi) is 14.6. The predicted molar refractivity (Wildman–Crippen MR) is 51.8 cm³/mol. The van der Waals surface area contributed by atoms with E-state index in [1.54, 1.807) is 27.9 Å². The van der Waals surface area contributed by atoms with Crippen molar-refractivity contribution < 1.29 is 17.1 Å². The summed E-state index contributed by atoms with van der Waals surface area (Å²) in [6, 6.07) is 5.88. The molecule has 1 aromatic heterocycles. The van der Waals surface area contributed by atoms with Crippen LogP contribution in [0.3, 0.4) is 0 Å². The van der Waals surface area contributed by atoms with E-state index in [9.17, 15) is 0 Å². The third-order valence-electron chi connectivity index (χ3n) is 1.13. The average Bonchev–Trinajstić information content (AvgIpc) is 2.08. The standard InChI is InChI=1S/C5H4N.C4H10O.ClH.Mg/c1-2-4-6-5-3-1;1-3-5-4-2;;/h1-4H;3-4H2,1-2H3;1H;/q;;;+1/p-1. The van der Waals surface area contributed by atoms with Crippen LogP contribution in [0.25, 0.3) is 0 Å². The van der Waals surface area contributed by atoms with E-state index in [2.05, 4.69) is 4.98 Å². The summed E-state index contributed by atoms with van der Waals surface area (Å²) in [4.78, 5) is 3.99. The van der Waals surface area contributed by atoms with Gasteiger partial charge in [0.25, 0.3) is 0 Å². The van der Waals surface area contributed by atoms with Crippen LogP contribution in [-0.4, -0.2) is 39.9 Å². The molecule has 1 aromatic rings. The van der Waals surface area contributed by atoms with Gasteiger partial charge >= 0.3 is 54.9 Å². The van der Waals surface area contributed by atoms with Gasteiger partial charge in [-0.05, 0) is 13.8 Å². The molecule has 0 fully saturated rings. The summed E-state index contributed by atoms with van der Waals surface area (Å²) in [6.45, 7) is 5.67. The molecule has 0 aromatic carbocycles. The molecule has 0 aliphatic carbocycles. The predicted octanol–water partition coefficient (Wildman–Crippen LogP) is -2.08. The molecule has 0 radical (unpaired) electrons. The van der Waals surface area contributed by atoms with Crippen LogP contribution in [0.5, 0.6) is 0 Å². The molecule has 0 aliphatic rings. The fraction of sp³-hybridized carbons (Fsp3) is 0.444. The molecule has 0 bridgehead atoms. The fourth-order valence-corrected chi connectivity index (χ4v) is 0.844. The van der Waals surface area contributed by atoms with Gasteiger partial charge < -0.3 is 17.1 Å². The van der Waals surface area contributed by atoms with Crippen molar-refractivity contribution in [3.05, 3.63) is 24.4 Å². The van der Waals surface area contributed by atoms with Crippen molar-refractivity contribution in [3.8, 4) is 0 Å². The fourth-order valence-electron chi connectivity index (χ4n) is 0.602. The van der Waals surface area contributed by atoms with Crippen molar-refractivity contribution in [3.63, 3.8) is 0 Å². The number of hydrogen-bond acceptors (Lipinski definition) is 2. The molecule has 0 saturated heterocycles. The Balaban J connectivity index is 0. The van der Waals surface area contributed by atoms with Crippen LogP contribution in [-0.2, 0) is 4.74 Å². The van der Waals surface area contributed by atoms with Crippen LogP contribution in [0.15, 0.2) is 24.4 Å². The van der Waals surface area contributed by atoms with Crippen LogP contribution in [0.4, 0.5) is 0 Å². The first-order valence-corrected chi connectivity index (χ1v) is 4.82. The van der Waals surface area contributed by atoms with Crippen molar-refractivity contribution in [2.75, 3.05) is 13.2 Å². The van der Waals surface area contributed by atoms with E-state index in [0.717, 1.165) is 17.0 Å². The van der Waals surface area contributed by atoms with Crippen molar-refractivity contribution in [1.82, 2.24) is 4.98 Å². The van der Waals surface area contributed by atoms with Crippen molar-refractivity contribution in [1.29, 1.82) is 0 Å². The zero-order valence-corrected chi connectivity index (χ0v) is 10.3. The van der Waals surface area contributed by atoms with Crippen LogP contribution < -0.4 is 16.2 Å². The molecule has 4 heteroatoms. The summed E-state index contributed by atoms with van der Waals surface area (Å²) in [6.07, 6.45) is 1.79. The van der Waals surface area contributed by atoms with Crippen molar-refractivity contribution in [2.24, 2.45) is 0 Å². The Bertz CT molecular complexity index is 182. The number of ether oxygens (including phenoxy) is 1. The van der Waals surface area contributed by atoms with E-state index in [0.29, 0.717) is 0 Å². The molecule has 0 saturated carbocycles. The first kappa shape index (κ1) is 15.6. The number of hydrogen-bond donors (Lipinski definition) is 0. The Hall–Kier alpha value is 0.166. The third-order valence-corrected chi connectivity index (χ3v) is 1.55. The molecule has 0 unspecified atom stereocenters. The number of aromatic nitrogens is 1.